The molecule has 148 valence electrons. The summed E-state index contributed by atoms with van der Waals surface area (Å²) in [5.41, 5.74) is 0.951. The molecule has 0 aromatic heterocycles. The van der Waals surface area contributed by atoms with Crippen LogP contribution in [0, 0.1) is 23.0 Å². The Morgan fingerprint density at radius 1 is 1.11 bits per heavy atom. The summed E-state index contributed by atoms with van der Waals surface area (Å²) in [6.07, 6.45) is 0.717. The van der Waals surface area contributed by atoms with Gasteiger partial charge in [0.15, 0.2) is 0 Å². The highest BCUT2D eigenvalue weighted by atomic mass is 32.2. The number of amides is 1. The highest BCUT2D eigenvalue weighted by Crippen LogP contribution is 2.27. The Kier molecular flexibility index (Phi) is 5.76. The number of sulfonamides is 1. The molecule has 1 saturated heterocycles. The topological polar surface area (TPSA) is 110 Å². The molecule has 0 radical (unpaired) electrons. The van der Waals surface area contributed by atoms with E-state index >= 15 is 0 Å². The number of aryl methyl sites for hydroxylation is 1. The highest BCUT2D eigenvalue weighted by molar-refractivity contribution is 7.89. The maximum absolute atomic E-state index is 12.7. The Labute approximate surface area is 163 Å². The summed E-state index contributed by atoms with van der Waals surface area (Å²) in [5, 5.41) is 13.7. The minimum Gasteiger partial charge on any atom is -0.320 e. The van der Waals surface area contributed by atoms with Crippen LogP contribution in [0.4, 0.5) is 11.4 Å². The quantitative estimate of drug-likeness (QED) is 0.610. The summed E-state index contributed by atoms with van der Waals surface area (Å²) in [5.74, 6) is -0.731. The van der Waals surface area contributed by atoms with Crippen LogP contribution >= 0.6 is 0 Å². The molecule has 0 unspecified atom stereocenters. The molecule has 1 heterocycles. The van der Waals surface area contributed by atoms with Gasteiger partial charge < -0.3 is 5.32 Å². The normalized spacial score (nSPS) is 15.9. The zero-order chi connectivity index (χ0) is 20.3. The molecule has 1 fully saturated rings. The van der Waals surface area contributed by atoms with E-state index in [0.717, 1.165) is 5.56 Å². The minimum atomic E-state index is -3.59. The van der Waals surface area contributed by atoms with Crippen molar-refractivity contribution in [3.63, 3.8) is 0 Å². The van der Waals surface area contributed by atoms with Crippen molar-refractivity contribution in [3.8, 4) is 0 Å². The smallest absolute Gasteiger partial charge is 0.292 e. The lowest BCUT2D eigenvalue weighted by atomic mass is 9.97. The second-order valence-electron chi connectivity index (χ2n) is 6.75. The fourth-order valence-corrected chi connectivity index (χ4v) is 4.66. The van der Waals surface area contributed by atoms with Crippen LogP contribution in [0.1, 0.15) is 18.4 Å². The zero-order valence-corrected chi connectivity index (χ0v) is 16.2. The highest BCUT2D eigenvalue weighted by Gasteiger charge is 2.32. The van der Waals surface area contributed by atoms with E-state index in [4.69, 9.17) is 0 Å². The molecule has 0 bridgehead atoms. The second-order valence-corrected chi connectivity index (χ2v) is 8.69. The van der Waals surface area contributed by atoms with Crippen LogP contribution in [-0.4, -0.2) is 36.6 Å². The molecule has 0 aliphatic carbocycles. The van der Waals surface area contributed by atoms with Crippen molar-refractivity contribution in [2.75, 3.05) is 18.4 Å². The van der Waals surface area contributed by atoms with Gasteiger partial charge in [0.25, 0.3) is 5.69 Å². The van der Waals surface area contributed by atoms with Gasteiger partial charge in [0, 0.05) is 25.1 Å². The molecule has 8 nitrogen and oxygen atoms in total. The molecule has 3 rings (SSSR count). The van der Waals surface area contributed by atoms with Gasteiger partial charge in [-0.15, -0.1) is 0 Å². The van der Waals surface area contributed by atoms with Crippen molar-refractivity contribution < 1.29 is 18.1 Å². The third-order valence-electron chi connectivity index (χ3n) is 4.84. The van der Waals surface area contributed by atoms with E-state index in [2.05, 4.69) is 5.32 Å². The lowest BCUT2D eigenvalue weighted by Crippen LogP contribution is -2.41. The number of para-hydroxylation sites is 2. The molecule has 28 heavy (non-hydrogen) atoms. The number of anilines is 1. The SMILES string of the molecule is Cc1ccc(S(=O)(=O)N2CCC(C(=O)Nc3ccccc3[N+](=O)[O-])CC2)cc1. The summed E-state index contributed by atoms with van der Waals surface area (Å²) >= 11 is 0. The maximum Gasteiger partial charge on any atom is 0.292 e. The van der Waals surface area contributed by atoms with E-state index in [9.17, 15) is 23.3 Å². The lowest BCUT2D eigenvalue weighted by molar-refractivity contribution is -0.383. The van der Waals surface area contributed by atoms with Crippen LogP contribution in [-0.2, 0) is 14.8 Å². The molecule has 1 amide bonds. The first-order valence-corrected chi connectivity index (χ1v) is 10.3. The van der Waals surface area contributed by atoms with Crippen LogP contribution in [0.25, 0.3) is 0 Å². The number of carbonyl (C=O) groups excluding carboxylic acids is 1. The molecule has 1 aliphatic heterocycles. The number of nitro groups is 1. The van der Waals surface area contributed by atoms with Crippen molar-refractivity contribution >= 4 is 27.3 Å². The van der Waals surface area contributed by atoms with Crippen LogP contribution in [0.15, 0.2) is 53.4 Å². The summed E-state index contributed by atoms with van der Waals surface area (Å²) in [7, 11) is -3.59. The summed E-state index contributed by atoms with van der Waals surface area (Å²) in [4.78, 5) is 23.3. The number of hydrogen-bond acceptors (Lipinski definition) is 5. The number of benzene rings is 2. The number of hydrogen-bond donors (Lipinski definition) is 1. The molecule has 2 aromatic rings. The molecule has 1 aliphatic rings. The molecule has 1 N–H and O–H groups in total. The van der Waals surface area contributed by atoms with Crippen molar-refractivity contribution in [2.45, 2.75) is 24.7 Å². The van der Waals surface area contributed by atoms with Gasteiger partial charge in [-0.05, 0) is 38.0 Å². The number of nitro benzene ring substituents is 1. The molecule has 0 spiro atoms. The zero-order valence-electron chi connectivity index (χ0n) is 15.4. The van der Waals surface area contributed by atoms with Crippen LogP contribution in [0.2, 0.25) is 0 Å². The first-order valence-electron chi connectivity index (χ1n) is 8.90. The number of carbonyl (C=O) groups is 1. The molecular weight excluding hydrogens is 382 g/mol. The molecular formula is C19H21N3O5S. The Morgan fingerprint density at radius 3 is 2.32 bits per heavy atom. The van der Waals surface area contributed by atoms with Gasteiger partial charge in [-0.2, -0.15) is 4.31 Å². The first kappa shape index (κ1) is 20.0. The van der Waals surface area contributed by atoms with E-state index in [1.165, 1.54) is 22.5 Å². The average Bonchev–Trinajstić information content (AvgIpc) is 2.68. The fraction of sp³-hybridized carbons (Fsp3) is 0.316. The number of piperidine rings is 1. The predicted octanol–water partition coefficient (Wildman–Crippen LogP) is 2.94. The van der Waals surface area contributed by atoms with Crippen LogP contribution in [0.3, 0.4) is 0 Å². The summed E-state index contributed by atoms with van der Waals surface area (Å²) in [6, 6.07) is 12.6. The van der Waals surface area contributed by atoms with Crippen molar-refractivity contribution in [3.05, 3.63) is 64.2 Å². The number of rotatable bonds is 5. The van der Waals surface area contributed by atoms with E-state index in [0.29, 0.717) is 12.8 Å². The Morgan fingerprint density at radius 2 is 1.71 bits per heavy atom. The number of nitrogens with one attached hydrogen (secondary N) is 1. The molecule has 2 aromatic carbocycles. The van der Waals surface area contributed by atoms with Crippen LogP contribution in [0.5, 0.6) is 0 Å². The lowest BCUT2D eigenvalue weighted by Gasteiger charge is -2.30. The first-order chi connectivity index (χ1) is 13.3. The van der Waals surface area contributed by atoms with Gasteiger partial charge in [-0.25, -0.2) is 8.42 Å². The van der Waals surface area contributed by atoms with Crippen LogP contribution < -0.4 is 5.32 Å². The van der Waals surface area contributed by atoms with Gasteiger partial charge in [0.2, 0.25) is 15.9 Å². The Balaban J connectivity index is 1.64. The largest absolute Gasteiger partial charge is 0.320 e. The Hall–Kier alpha value is -2.78. The monoisotopic (exact) mass is 403 g/mol. The molecule has 0 saturated carbocycles. The third kappa shape index (κ3) is 4.20. The average molecular weight is 403 g/mol. The van der Waals surface area contributed by atoms with Gasteiger partial charge >= 0.3 is 0 Å². The summed E-state index contributed by atoms with van der Waals surface area (Å²) < 4.78 is 26.9. The predicted molar refractivity (Wildman–Crippen MR) is 104 cm³/mol. The minimum absolute atomic E-state index is 0.146. The van der Waals surface area contributed by atoms with Gasteiger partial charge in [0.1, 0.15) is 5.69 Å². The molecule has 9 heteroatoms. The van der Waals surface area contributed by atoms with Crippen molar-refractivity contribution in [1.82, 2.24) is 4.31 Å². The summed E-state index contributed by atoms with van der Waals surface area (Å²) in [6.45, 7) is 2.34. The van der Waals surface area contributed by atoms with Crippen molar-refractivity contribution in [1.29, 1.82) is 0 Å². The van der Waals surface area contributed by atoms with Gasteiger partial charge in [-0.1, -0.05) is 29.8 Å². The van der Waals surface area contributed by atoms with E-state index in [1.807, 2.05) is 6.92 Å². The van der Waals surface area contributed by atoms with Crippen molar-refractivity contribution in [2.24, 2.45) is 5.92 Å². The molecule has 0 atom stereocenters. The van der Waals surface area contributed by atoms with Gasteiger partial charge in [0.05, 0.1) is 9.82 Å². The third-order valence-corrected chi connectivity index (χ3v) is 6.75. The maximum atomic E-state index is 12.7. The second kappa shape index (κ2) is 8.07. The number of nitrogens with zero attached hydrogens (tertiary/aromatic N) is 2. The van der Waals surface area contributed by atoms with E-state index in [-0.39, 0.29) is 35.3 Å². The fourth-order valence-electron chi connectivity index (χ4n) is 3.19. The standard InChI is InChI=1S/C19H21N3O5S/c1-14-6-8-16(9-7-14)28(26,27)21-12-10-15(11-13-21)19(23)20-17-4-2-3-5-18(17)22(24)25/h2-9,15H,10-13H2,1H3,(H,20,23). The van der Waals surface area contributed by atoms with E-state index < -0.39 is 20.9 Å². The Bertz CT molecular complexity index is 981. The van der Waals surface area contributed by atoms with E-state index in [1.54, 1.807) is 30.3 Å². The van der Waals surface area contributed by atoms with Gasteiger partial charge in [-0.3, -0.25) is 14.9 Å².